The summed E-state index contributed by atoms with van der Waals surface area (Å²) in [4.78, 5) is 12.2. The van der Waals surface area contributed by atoms with Gasteiger partial charge in [-0.2, -0.15) is 0 Å². The lowest BCUT2D eigenvalue weighted by molar-refractivity contribution is -0.143. The van der Waals surface area contributed by atoms with E-state index in [1.54, 1.807) is 14.2 Å². The molecule has 2 aromatic carbocycles. The fourth-order valence-corrected chi connectivity index (χ4v) is 3.90. The van der Waals surface area contributed by atoms with Crippen LogP contribution in [0.25, 0.3) is 0 Å². The average Bonchev–Trinajstić information content (AvgIpc) is 2.72. The van der Waals surface area contributed by atoms with Crippen molar-refractivity contribution in [1.29, 1.82) is 0 Å². The number of benzene rings is 2. The van der Waals surface area contributed by atoms with Crippen LogP contribution in [0, 0.1) is 5.41 Å². The number of carbonyl (C=O) groups is 1. The van der Waals surface area contributed by atoms with Gasteiger partial charge < -0.3 is 19.5 Å². The zero-order valence-corrected chi connectivity index (χ0v) is 18.9. The highest BCUT2D eigenvalue weighted by Crippen LogP contribution is 2.42. The first-order valence-corrected chi connectivity index (χ1v) is 10.6. The number of fused-ring (bicyclic) bond motifs is 1. The summed E-state index contributed by atoms with van der Waals surface area (Å²) in [6.45, 7) is 8.53. The van der Waals surface area contributed by atoms with Gasteiger partial charge in [0, 0.05) is 18.3 Å². The lowest BCUT2D eigenvalue weighted by Crippen LogP contribution is -2.25. The third-order valence-corrected chi connectivity index (χ3v) is 5.59. The number of esters is 1. The number of hydrogen-bond acceptors (Lipinski definition) is 5. The largest absolute Gasteiger partial charge is 0.493 e. The first-order chi connectivity index (χ1) is 14.3. The van der Waals surface area contributed by atoms with Crippen molar-refractivity contribution in [3.05, 3.63) is 47.0 Å². The number of ether oxygens (including phenoxy) is 3. The van der Waals surface area contributed by atoms with E-state index in [9.17, 15) is 4.79 Å². The number of methoxy groups -OCH3 is 2. The fraction of sp³-hybridized carbons (Fsp3) is 0.480. The maximum atomic E-state index is 12.2. The van der Waals surface area contributed by atoms with Crippen LogP contribution in [0.2, 0.25) is 0 Å². The Bertz CT molecular complexity index is 914. The van der Waals surface area contributed by atoms with Crippen LogP contribution >= 0.6 is 0 Å². The number of rotatable bonds is 6. The second kappa shape index (κ2) is 8.99. The van der Waals surface area contributed by atoms with Crippen LogP contribution < -0.4 is 19.5 Å². The Balaban J connectivity index is 1.85. The maximum Gasteiger partial charge on any atom is 0.316 e. The Labute approximate surface area is 179 Å². The van der Waals surface area contributed by atoms with Gasteiger partial charge in [0.05, 0.1) is 19.6 Å². The maximum absolute atomic E-state index is 12.2. The normalized spacial score (nSPS) is 15.9. The van der Waals surface area contributed by atoms with Crippen molar-refractivity contribution in [2.45, 2.75) is 52.9 Å². The molecule has 5 nitrogen and oxygen atoms in total. The van der Waals surface area contributed by atoms with Gasteiger partial charge in [0.2, 0.25) is 0 Å². The molecule has 1 atom stereocenters. The summed E-state index contributed by atoms with van der Waals surface area (Å²) >= 11 is 0. The summed E-state index contributed by atoms with van der Waals surface area (Å²) in [6.07, 6.45) is 2.91. The third-order valence-electron chi connectivity index (χ3n) is 5.59. The molecule has 0 radical (unpaired) electrons. The molecule has 0 aliphatic heterocycles. The van der Waals surface area contributed by atoms with E-state index in [2.05, 4.69) is 24.4 Å². The van der Waals surface area contributed by atoms with E-state index in [0.29, 0.717) is 11.7 Å². The molecule has 3 rings (SSSR count). The molecular weight excluding hydrogens is 378 g/mol. The van der Waals surface area contributed by atoms with Gasteiger partial charge in [0.15, 0.2) is 11.5 Å². The highest BCUT2D eigenvalue weighted by Gasteiger charge is 2.26. The van der Waals surface area contributed by atoms with Crippen molar-refractivity contribution >= 4 is 11.7 Å². The van der Waals surface area contributed by atoms with Gasteiger partial charge in [-0.3, -0.25) is 4.79 Å². The molecule has 0 aromatic heterocycles. The van der Waals surface area contributed by atoms with Gasteiger partial charge in [0.1, 0.15) is 5.75 Å². The second-order valence-corrected chi connectivity index (χ2v) is 8.83. The zero-order chi connectivity index (χ0) is 21.9. The molecule has 0 saturated heterocycles. The van der Waals surface area contributed by atoms with Crippen LogP contribution in [0.5, 0.6) is 17.2 Å². The minimum absolute atomic E-state index is 0.211. The van der Waals surface area contributed by atoms with E-state index in [4.69, 9.17) is 14.2 Å². The van der Waals surface area contributed by atoms with Gasteiger partial charge in [-0.15, -0.1) is 0 Å². The highest BCUT2D eigenvalue weighted by atomic mass is 16.5. The lowest BCUT2D eigenvalue weighted by atomic mass is 9.79. The number of anilines is 1. The van der Waals surface area contributed by atoms with Gasteiger partial charge in [0.25, 0.3) is 0 Å². The van der Waals surface area contributed by atoms with Crippen molar-refractivity contribution in [1.82, 2.24) is 0 Å². The van der Waals surface area contributed by atoms with E-state index in [-0.39, 0.29) is 5.97 Å². The number of nitrogens with one attached hydrogen (secondary N) is 1. The molecule has 0 unspecified atom stereocenters. The summed E-state index contributed by atoms with van der Waals surface area (Å²) in [5, 5.41) is 3.48. The Morgan fingerprint density at radius 3 is 2.40 bits per heavy atom. The predicted octanol–water partition coefficient (Wildman–Crippen LogP) is 5.36. The van der Waals surface area contributed by atoms with Crippen LogP contribution in [0.1, 0.15) is 56.7 Å². The molecule has 0 heterocycles. The molecule has 1 aliphatic rings. The Kier molecular flexibility index (Phi) is 6.59. The van der Waals surface area contributed by atoms with Crippen molar-refractivity contribution in [2.75, 3.05) is 26.1 Å². The summed E-state index contributed by atoms with van der Waals surface area (Å²) in [6, 6.07) is 10.2. The van der Waals surface area contributed by atoms with E-state index in [0.717, 1.165) is 43.0 Å². The summed E-state index contributed by atoms with van der Waals surface area (Å²) in [5.41, 5.74) is 4.40. The number of hydrogen-bond donors (Lipinski definition) is 1. The first-order valence-electron chi connectivity index (χ1n) is 10.6. The predicted molar refractivity (Wildman–Crippen MR) is 120 cm³/mol. The van der Waals surface area contributed by atoms with Crippen LogP contribution in [0.3, 0.4) is 0 Å². The Morgan fingerprint density at radius 2 is 1.77 bits per heavy atom. The van der Waals surface area contributed by atoms with Gasteiger partial charge in [-0.25, -0.2) is 0 Å². The third kappa shape index (κ3) is 4.72. The van der Waals surface area contributed by atoms with Crippen molar-refractivity contribution in [3.8, 4) is 17.2 Å². The lowest BCUT2D eigenvalue weighted by Gasteiger charge is -2.28. The fourth-order valence-electron chi connectivity index (χ4n) is 3.90. The molecule has 30 heavy (non-hydrogen) atoms. The quantitative estimate of drug-likeness (QED) is 0.512. The average molecular weight is 412 g/mol. The molecule has 0 saturated carbocycles. The molecule has 162 valence electrons. The molecule has 0 amide bonds. The number of carbonyl (C=O) groups excluding carboxylic acids is 1. The van der Waals surface area contributed by atoms with E-state index in [1.807, 2.05) is 39.0 Å². The van der Waals surface area contributed by atoms with Crippen LogP contribution in [0.15, 0.2) is 30.3 Å². The molecule has 0 spiro atoms. The first kappa shape index (κ1) is 22.0. The van der Waals surface area contributed by atoms with Gasteiger partial charge >= 0.3 is 5.97 Å². The van der Waals surface area contributed by atoms with E-state index < -0.39 is 5.41 Å². The van der Waals surface area contributed by atoms with Gasteiger partial charge in [-0.1, -0.05) is 6.07 Å². The minimum Gasteiger partial charge on any atom is -0.493 e. The molecule has 1 N–H and O–H groups in total. The van der Waals surface area contributed by atoms with Crippen molar-refractivity contribution in [3.63, 3.8) is 0 Å². The molecule has 1 aliphatic carbocycles. The SMILES string of the molecule is CCNc1cc(OC)c(OC)cc1[C@H]1CCc2cc(OC(=O)C(C)(C)C)ccc2C1. The minimum atomic E-state index is -0.517. The molecule has 0 fully saturated rings. The summed E-state index contributed by atoms with van der Waals surface area (Å²) in [7, 11) is 3.33. The topological polar surface area (TPSA) is 56.8 Å². The molecule has 2 aromatic rings. The molecular formula is C25H33NO4. The van der Waals surface area contributed by atoms with Crippen molar-refractivity contribution < 1.29 is 19.0 Å². The second-order valence-electron chi connectivity index (χ2n) is 8.83. The highest BCUT2D eigenvalue weighted by molar-refractivity contribution is 5.78. The van der Waals surface area contributed by atoms with E-state index >= 15 is 0 Å². The standard InChI is InChI=1S/C25H33NO4/c1-7-26-21-15-23(29-6)22(28-5)14-20(21)18-9-8-17-13-19(11-10-16(17)12-18)30-24(27)25(2,3)4/h10-11,13-15,18,26H,7-9,12H2,1-6H3/t18-/m0/s1. The van der Waals surface area contributed by atoms with Crippen LogP contribution in [0.4, 0.5) is 5.69 Å². The molecule has 5 heteroatoms. The van der Waals surface area contributed by atoms with E-state index in [1.165, 1.54) is 16.7 Å². The van der Waals surface area contributed by atoms with Crippen molar-refractivity contribution in [2.24, 2.45) is 5.41 Å². The summed E-state index contributed by atoms with van der Waals surface area (Å²) < 4.78 is 16.6. The summed E-state index contributed by atoms with van der Waals surface area (Å²) in [5.74, 6) is 2.29. The smallest absolute Gasteiger partial charge is 0.316 e. The van der Waals surface area contributed by atoms with Crippen LogP contribution in [-0.2, 0) is 17.6 Å². The monoisotopic (exact) mass is 411 g/mol. The Morgan fingerprint density at radius 1 is 1.07 bits per heavy atom. The molecule has 0 bridgehead atoms. The number of aryl methyl sites for hydroxylation is 1. The van der Waals surface area contributed by atoms with Gasteiger partial charge in [-0.05, 0) is 87.8 Å². The zero-order valence-electron chi connectivity index (χ0n) is 18.9. The Hall–Kier alpha value is -2.69. The van der Waals surface area contributed by atoms with Crippen LogP contribution in [-0.4, -0.2) is 26.7 Å².